The van der Waals surface area contributed by atoms with E-state index in [9.17, 15) is 24.0 Å². The van der Waals surface area contributed by atoms with Crippen molar-refractivity contribution in [3.8, 4) is 0 Å². The quantitative estimate of drug-likeness (QED) is 0.178. The summed E-state index contributed by atoms with van der Waals surface area (Å²) in [4.78, 5) is 68.2. The first-order chi connectivity index (χ1) is 19.8. The van der Waals surface area contributed by atoms with E-state index in [0.717, 1.165) is 5.57 Å². The van der Waals surface area contributed by atoms with Crippen LogP contribution in [-0.4, -0.2) is 71.7 Å². The lowest BCUT2D eigenvalue weighted by Gasteiger charge is -2.38. The van der Waals surface area contributed by atoms with Gasteiger partial charge < -0.3 is 26.2 Å². The molecule has 0 aromatic carbocycles. The third kappa shape index (κ3) is 8.26. The Balaban J connectivity index is 2.32. The van der Waals surface area contributed by atoms with Gasteiger partial charge in [0.25, 0.3) is 5.91 Å². The highest BCUT2D eigenvalue weighted by Gasteiger charge is 2.69. The maximum absolute atomic E-state index is 14.2. The minimum atomic E-state index is -1.01. The van der Waals surface area contributed by atoms with Crippen molar-refractivity contribution in [2.75, 3.05) is 13.1 Å². The van der Waals surface area contributed by atoms with Crippen LogP contribution in [0.5, 0.6) is 0 Å². The zero-order chi connectivity index (χ0) is 33.0. The zero-order valence-electron chi connectivity index (χ0n) is 27.9. The Labute approximate surface area is 258 Å². The predicted octanol–water partition coefficient (Wildman–Crippen LogP) is 3.58. The van der Waals surface area contributed by atoms with Gasteiger partial charge in [0.15, 0.2) is 0 Å². The summed E-state index contributed by atoms with van der Waals surface area (Å²) >= 11 is 0. The van der Waals surface area contributed by atoms with Crippen LogP contribution in [0.25, 0.3) is 0 Å². The van der Waals surface area contributed by atoms with E-state index in [1.54, 1.807) is 4.90 Å². The van der Waals surface area contributed by atoms with Crippen LogP contribution in [0, 0.1) is 34.5 Å². The number of rotatable bonds is 14. The third-order valence-corrected chi connectivity index (χ3v) is 9.08. The molecular weight excluding hydrogens is 546 g/mol. The number of hydrogen-bond acceptors (Lipinski definition) is 5. The number of amides is 5. The molecule has 2 fully saturated rings. The lowest BCUT2D eigenvalue weighted by Crippen LogP contribution is -2.62. The Kier molecular flexibility index (Phi) is 11.8. The van der Waals surface area contributed by atoms with Crippen LogP contribution in [0.15, 0.2) is 24.8 Å². The van der Waals surface area contributed by atoms with E-state index in [1.165, 1.54) is 6.08 Å². The minimum absolute atomic E-state index is 0.0995. The van der Waals surface area contributed by atoms with Crippen LogP contribution in [0.2, 0.25) is 0 Å². The van der Waals surface area contributed by atoms with Gasteiger partial charge in [0.2, 0.25) is 17.6 Å². The van der Waals surface area contributed by atoms with Crippen molar-refractivity contribution >= 4 is 29.5 Å². The molecule has 0 radical (unpaired) electrons. The molecule has 6 atom stereocenters. The van der Waals surface area contributed by atoms with Gasteiger partial charge in [-0.2, -0.15) is 0 Å². The third-order valence-electron chi connectivity index (χ3n) is 9.08. The lowest BCUT2D eigenvalue weighted by atomic mass is 9.85. The molecule has 1 saturated carbocycles. The van der Waals surface area contributed by atoms with E-state index in [0.29, 0.717) is 13.0 Å². The van der Waals surface area contributed by atoms with Gasteiger partial charge in [-0.15, -0.1) is 6.58 Å². The van der Waals surface area contributed by atoms with Gasteiger partial charge in [-0.1, -0.05) is 93.9 Å². The molecule has 5 amide bonds. The Morgan fingerprint density at radius 3 is 2.12 bits per heavy atom. The molecule has 0 spiro atoms. The Morgan fingerprint density at radius 2 is 1.63 bits per heavy atom. The maximum Gasteiger partial charge on any atom is 0.315 e. The minimum Gasteiger partial charge on any atom is -0.346 e. The standard InChI is InChI=1S/C33H55N5O5/c1-13-15-22(26(39)29(41)34-16-14-2)35-28(40)25-23-21(33(23,11)12)17-38(25)30(42)27(32(8,9)10)37-31(43)36-24(19(5)6)20(7)18(3)4/h14,18-19,21-25,27H,2,7,13,15-17H2,1,3-6,8-12H3,(H,34,41)(H,35,40)(H2,36,37,43)/t21-,22?,23-,24-,25-,27+/m0/s1. The second-order valence-electron chi connectivity index (χ2n) is 14.5. The molecule has 2 aliphatic rings. The topological polar surface area (TPSA) is 137 Å². The van der Waals surface area contributed by atoms with Crippen molar-refractivity contribution < 1.29 is 24.0 Å². The highest BCUT2D eigenvalue weighted by atomic mass is 16.2. The number of nitrogens with one attached hydrogen (secondary N) is 4. The summed E-state index contributed by atoms with van der Waals surface area (Å²) in [6, 6.07) is -3.50. The number of Topliss-reactive ketones (excluding diaryl/α,β-unsaturated/α-hetero) is 1. The second kappa shape index (κ2) is 14.1. The summed E-state index contributed by atoms with van der Waals surface area (Å²) < 4.78 is 0. The average Bonchev–Trinajstić information content (AvgIpc) is 3.23. The average molecular weight is 602 g/mol. The van der Waals surface area contributed by atoms with Crippen molar-refractivity contribution in [3.63, 3.8) is 0 Å². The van der Waals surface area contributed by atoms with Crippen LogP contribution >= 0.6 is 0 Å². The van der Waals surface area contributed by atoms with Gasteiger partial charge in [-0.3, -0.25) is 19.2 Å². The monoisotopic (exact) mass is 601 g/mol. The van der Waals surface area contributed by atoms with Crippen LogP contribution in [0.4, 0.5) is 4.79 Å². The van der Waals surface area contributed by atoms with Crippen molar-refractivity contribution in [1.82, 2.24) is 26.2 Å². The van der Waals surface area contributed by atoms with E-state index in [1.807, 2.05) is 55.4 Å². The summed E-state index contributed by atoms with van der Waals surface area (Å²) in [5, 5.41) is 11.2. The van der Waals surface area contributed by atoms with Gasteiger partial charge in [0.05, 0.1) is 12.1 Å². The Bertz CT molecular complexity index is 1110. The molecule has 0 aromatic heterocycles. The van der Waals surface area contributed by atoms with Gasteiger partial charge in [0.1, 0.15) is 12.1 Å². The first kappa shape index (κ1) is 36.0. The zero-order valence-corrected chi connectivity index (χ0v) is 27.9. The van der Waals surface area contributed by atoms with Crippen LogP contribution < -0.4 is 21.3 Å². The van der Waals surface area contributed by atoms with Gasteiger partial charge in [0, 0.05) is 13.1 Å². The number of carbonyl (C=O) groups is 5. The van der Waals surface area contributed by atoms with E-state index < -0.39 is 47.2 Å². The number of piperidine rings is 1. The summed E-state index contributed by atoms with van der Waals surface area (Å²) in [6.07, 6.45) is 2.33. The van der Waals surface area contributed by atoms with Crippen LogP contribution in [-0.2, 0) is 19.2 Å². The lowest BCUT2D eigenvalue weighted by molar-refractivity contribution is -0.145. The van der Waals surface area contributed by atoms with Crippen molar-refractivity contribution in [1.29, 1.82) is 0 Å². The van der Waals surface area contributed by atoms with Gasteiger partial charge >= 0.3 is 6.03 Å². The first-order valence-electron chi connectivity index (χ1n) is 15.6. The highest BCUT2D eigenvalue weighted by Crippen LogP contribution is 2.65. The number of fused-ring (bicyclic) bond motifs is 1. The maximum atomic E-state index is 14.2. The molecule has 1 heterocycles. The molecule has 10 heteroatoms. The molecule has 0 aromatic rings. The Morgan fingerprint density at radius 1 is 1.02 bits per heavy atom. The van der Waals surface area contributed by atoms with Crippen molar-refractivity contribution in [3.05, 3.63) is 24.8 Å². The number of urea groups is 1. The molecular formula is C33H55N5O5. The molecule has 242 valence electrons. The fourth-order valence-electron chi connectivity index (χ4n) is 6.21. The van der Waals surface area contributed by atoms with Crippen LogP contribution in [0.1, 0.15) is 82.1 Å². The molecule has 1 aliphatic carbocycles. The normalized spacial score (nSPS) is 22.6. The summed E-state index contributed by atoms with van der Waals surface area (Å²) in [6.45, 7) is 27.9. The number of likely N-dealkylation sites (tertiary alicyclic amines) is 1. The molecule has 4 N–H and O–H groups in total. The fraction of sp³-hybridized carbons (Fsp3) is 0.727. The number of hydrogen-bond donors (Lipinski definition) is 4. The number of carbonyl (C=O) groups excluding carboxylic acids is 5. The molecule has 10 nitrogen and oxygen atoms in total. The molecule has 1 aliphatic heterocycles. The molecule has 1 saturated heterocycles. The van der Waals surface area contributed by atoms with E-state index in [-0.39, 0.29) is 54.0 Å². The van der Waals surface area contributed by atoms with Crippen molar-refractivity contribution in [2.24, 2.45) is 34.5 Å². The summed E-state index contributed by atoms with van der Waals surface area (Å²) in [7, 11) is 0. The number of ketones is 1. The highest BCUT2D eigenvalue weighted by molar-refractivity contribution is 6.38. The van der Waals surface area contributed by atoms with E-state index in [4.69, 9.17) is 0 Å². The first-order valence-corrected chi connectivity index (χ1v) is 15.6. The molecule has 0 bridgehead atoms. The molecule has 43 heavy (non-hydrogen) atoms. The predicted molar refractivity (Wildman–Crippen MR) is 169 cm³/mol. The van der Waals surface area contributed by atoms with E-state index in [2.05, 4.69) is 48.3 Å². The Hall–Kier alpha value is -3.17. The summed E-state index contributed by atoms with van der Waals surface area (Å²) in [5.41, 5.74) is 0.0785. The van der Waals surface area contributed by atoms with Gasteiger partial charge in [-0.25, -0.2) is 4.79 Å². The fourth-order valence-corrected chi connectivity index (χ4v) is 6.21. The number of nitrogens with zero attached hydrogens (tertiary/aromatic N) is 1. The SMILES string of the molecule is C=CCNC(=O)C(=O)C(CCC)NC(=O)[C@@H]1[C@@H]2[C@H](CN1C(=O)[C@@H](NC(=O)N[C@H](C(=C)C(C)C)C(C)C)C(C)(C)C)C2(C)C. The summed E-state index contributed by atoms with van der Waals surface area (Å²) in [5.74, 6) is -2.04. The van der Waals surface area contributed by atoms with Crippen molar-refractivity contribution in [2.45, 2.75) is 106 Å². The molecule has 1 unspecified atom stereocenters. The molecule has 2 rings (SSSR count). The van der Waals surface area contributed by atoms with Gasteiger partial charge in [-0.05, 0) is 40.9 Å². The largest absolute Gasteiger partial charge is 0.346 e. The second-order valence-corrected chi connectivity index (χ2v) is 14.5. The van der Waals surface area contributed by atoms with E-state index >= 15 is 0 Å². The van der Waals surface area contributed by atoms with Crippen LogP contribution in [0.3, 0.4) is 0 Å². The smallest absolute Gasteiger partial charge is 0.315 e.